The number of benzene rings is 1. The average molecular weight is 230 g/mol. The minimum atomic E-state index is -0.194. The average Bonchev–Trinajstić information content (AvgIpc) is 2.16. The quantitative estimate of drug-likeness (QED) is 0.777. The van der Waals surface area contributed by atoms with Gasteiger partial charge in [0.15, 0.2) is 0 Å². The maximum absolute atomic E-state index is 10.9. The van der Waals surface area contributed by atoms with Gasteiger partial charge in [-0.2, -0.15) is 0 Å². The molecule has 0 aliphatic heterocycles. The number of carbonyl (C=O) groups excluding carboxylic acids is 1. The number of hydrogen-bond donors (Lipinski definition) is 1. The molecule has 0 unspecified atom stereocenters. The molecule has 0 aliphatic carbocycles. The molecule has 0 radical (unpaired) electrons. The van der Waals surface area contributed by atoms with Gasteiger partial charge in [-0.15, -0.1) is 0 Å². The van der Waals surface area contributed by atoms with Crippen molar-refractivity contribution in [2.75, 3.05) is 7.05 Å². The number of hydrogen-bond acceptors (Lipinski definition) is 1. The lowest BCUT2D eigenvalue weighted by molar-refractivity contribution is -0.115. The molecule has 1 aromatic carbocycles. The zero-order valence-electron chi connectivity index (χ0n) is 7.55. The van der Waals surface area contributed by atoms with Gasteiger partial charge in [-0.3, -0.25) is 4.79 Å². The highest BCUT2D eigenvalue weighted by atomic mass is 35.5. The third-order valence-electron chi connectivity index (χ3n) is 1.65. The minimum Gasteiger partial charge on any atom is -0.356 e. The number of halogens is 2. The van der Waals surface area contributed by atoms with E-state index in [4.69, 9.17) is 23.2 Å². The van der Waals surface area contributed by atoms with Crippen LogP contribution in [0.2, 0.25) is 10.0 Å². The van der Waals surface area contributed by atoms with Crippen LogP contribution in [0.4, 0.5) is 0 Å². The molecular weight excluding hydrogens is 221 g/mol. The smallest absolute Gasteiger partial charge is 0.243 e. The van der Waals surface area contributed by atoms with Gasteiger partial charge in [-0.05, 0) is 18.2 Å². The van der Waals surface area contributed by atoms with Crippen LogP contribution < -0.4 is 5.32 Å². The van der Waals surface area contributed by atoms with Gasteiger partial charge in [-0.1, -0.05) is 29.3 Å². The second kappa shape index (κ2) is 5.03. The summed E-state index contributed by atoms with van der Waals surface area (Å²) in [5.41, 5.74) is 0.652. The molecule has 0 heterocycles. The molecule has 0 fully saturated rings. The highest BCUT2D eigenvalue weighted by molar-refractivity contribution is 6.37. The second-order valence-corrected chi connectivity index (χ2v) is 3.40. The van der Waals surface area contributed by atoms with Gasteiger partial charge in [0.1, 0.15) is 0 Å². The highest BCUT2D eigenvalue weighted by Crippen LogP contribution is 2.25. The van der Waals surface area contributed by atoms with E-state index in [2.05, 4.69) is 5.32 Å². The van der Waals surface area contributed by atoms with E-state index in [0.29, 0.717) is 15.6 Å². The van der Waals surface area contributed by atoms with E-state index in [0.717, 1.165) is 0 Å². The zero-order valence-corrected chi connectivity index (χ0v) is 9.06. The third kappa shape index (κ3) is 2.76. The maximum Gasteiger partial charge on any atom is 0.243 e. The van der Waals surface area contributed by atoms with E-state index in [-0.39, 0.29) is 5.91 Å². The normalized spacial score (nSPS) is 10.5. The first kappa shape index (κ1) is 11.1. The molecule has 0 spiro atoms. The predicted molar refractivity (Wildman–Crippen MR) is 59.6 cm³/mol. The molecule has 4 heteroatoms. The summed E-state index contributed by atoms with van der Waals surface area (Å²) in [6.07, 6.45) is 2.97. The molecule has 0 saturated heterocycles. The topological polar surface area (TPSA) is 29.1 Å². The summed E-state index contributed by atoms with van der Waals surface area (Å²) in [5.74, 6) is -0.194. The van der Waals surface area contributed by atoms with Crippen LogP contribution in [0, 0.1) is 0 Å². The Morgan fingerprint density at radius 2 is 1.93 bits per heavy atom. The summed E-state index contributed by atoms with van der Waals surface area (Å²) in [4.78, 5) is 10.9. The molecular formula is C10H9Cl2NO. The summed E-state index contributed by atoms with van der Waals surface area (Å²) in [6, 6.07) is 5.19. The Labute approximate surface area is 92.5 Å². The molecule has 0 saturated carbocycles. The van der Waals surface area contributed by atoms with Crippen molar-refractivity contribution < 1.29 is 4.79 Å². The van der Waals surface area contributed by atoms with Gasteiger partial charge in [0.05, 0.1) is 0 Å². The van der Waals surface area contributed by atoms with Gasteiger partial charge < -0.3 is 5.32 Å². The van der Waals surface area contributed by atoms with Crippen molar-refractivity contribution in [1.82, 2.24) is 5.32 Å². The molecule has 1 rings (SSSR count). The Morgan fingerprint density at radius 3 is 2.43 bits per heavy atom. The Balaban J connectivity index is 2.96. The van der Waals surface area contributed by atoms with Crippen molar-refractivity contribution in [3.63, 3.8) is 0 Å². The van der Waals surface area contributed by atoms with Crippen LogP contribution in [-0.2, 0) is 4.79 Å². The lowest BCUT2D eigenvalue weighted by Crippen LogP contribution is -2.13. The summed E-state index contributed by atoms with van der Waals surface area (Å²) < 4.78 is 0. The Kier molecular flexibility index (Phi) is 3.98. The van der Waals surface area contributed by atoms with Crippen molar-refractivity contribution in [3.05, 3.63) is 39.9 Å². The Hall–Kier alpha value is -0.990. The standard InChI is InChI=1S/C10H9Cl2NO/c1-13-10(14)6-5-7-8(11)3-2-4-9(7)12/h2-6H,1H3,(H,13,14)/b6-5+. The Bertz CT molecular complexity index is 354. The van der Waals surface area contributed by atoms with E-state index >= 15 is 0 Å². The fourth-order valence-corrected chi connectivity index (χ4v) is 1.44. The van der Waals surface area contributed by atoms with Crippen LogP contribution in [0.5, 0.6) is 0 Å². The SMILES string of the molecule is CNC(=O)/C=C/c1c(Cl)cccc1Cl. The van der Waals surface area contributed by atoms with Gasteiger partial charge >= 0.3 is 0 Å². The van der Waals surface area contributed by atoms with Crippen LogP contribution in [0.3, 0.4) is 0 Å². The number of nitrogens with one attached hydrogen (secondary N) is 1. The largest absolute Gasteiger partial charge is 0.356 e. The molecule has 0 aliphatic rings. The van der Waals surface area contributed by atoms with E-state index in [1.165, 1.54) is 6.08 Å². The zero-order chi connectivity index (χ0) is 10.6. The van der Waals surface area contributed by atoms with E-state index in [9.17, 15) is 4.79 Å². The molecule has 2 nitrogen and oxygen atoms in total. The van der Waals surface area contributed by atoms with Crippen LogP contribution in [0.15, 0.2) is 24.3 Å². The fraction of sp³-hybridized carbons (Fsp3) is 0.100. The van der Waals surface area contributed by atoms with Crippen LogP contribution >= 0.6 is 23.2 Å². The molecule has 1 aromatic rings. The monoisotopic (exact) mass is 229 g/mol. The van der Waals surface area contributed by atoms with Gasteiger partial charge in [-0.25, -0.2) is 0 Å². The van der Waals surface area contributed by atoms with Gasteiger partial charge in [0, 0.05) is 28.7 Å². The maximum atomic E-state index is 10.9. The fourth-order valence-electron chi connectivity index (χ4n) is 0.912. The lowest BCUT2D eigenvalue weighted by atomic mass is 10.2. The van der Waals surface area contributed by atoms with E-state index < -0.39 is 0 Å². The number of amides is 1. The van der Waals surface area contributed by atoms with Crippen molar-refractivity contribution in [1.29, 1.82) is 0 Å². The molecule has 14 heavy (non-hydrogen) atoms. The van der Waals surface area contributed by atoms with Gasteiger partial charge in [0.2, 0.25) is 5.91 Å². The molecule has 0 aromatic heterocycles. The number of likely N-dealkylation sites (N-methyl/N-ethyl adjacent to an activating group) is 1. The molecule has 0 atom stereocenters. The first-order valence-corrected chi connectivity index (χ1v) is 4.74. The molecule has 74 valence electrons. The van der Waals surface area contributed by atoms with Crippen LogP contribution in [0.25, 0.3) is 6.08 Å². The number of carbonyl (C=O) groups is 1. The summed E-state index contributed by atoms with van der Waals surface area (Å²) >= 11 is 11.8. The number of rotatable bonds is 2. The first-order chi connectivity index (χ1) is 6.65. The predicted octanol–water partition coefficient (Wildman–Crippen LogP) is 2.75. The van der Waals surface area contributed by atoms with Gasteiger partial charge in [0.25, 0.3) is 0 Å². The molecule has 1 amide bonds. The van der Waals surface area contributed by atoms with Crippen LogP contribution in [0.1, 0.15) is 5.56 Å². The van der Waals surface area contributed by atoms with E-state index in [1.54, 1.807) is 31.3 Å². The third-order valence-corrected chi connectivity index (χ3v) is 2.31. The van der Waals surface area contributed by atoms with Crippen molar-refractivity contribution in [2.45, 2.75) is 0 Å². The molecule has 1 N–H and O–H groups in total. The lowest BCUT2D eigenvalue weighted by Gasteiger charge is -2.00. The first-order valence-electron chi connectivity index (χ1n) is 3.99. The van der Waals surface area contributed by atoms with Crippen molar-refractivity contribution >= 4 is 35.2 Å². The minimum absolute atomic E-state index is 0.194. The van der Waals surface area contributed by atoms with E-state index in [1.807, 2.05) is 0 Å². The summed E-state index contributed by atoms with van der Waals surface area (Å²) in [7, 11) is 1.56. The second-order valence-electron chi connectivity index (χ2n) is 2.58. The molecule has 0 bridgehead atoms. The van der Waals surface area contributed by atoms with Crippen LogP contribution in [-0.4, -0.2) is 13.0 Å². The summed E-state index contributed by atoms with van der Waals surface area (Å²) in [6.45, 7) is 0. The summed E-state index contributed by atoms with van der Waals surface area (Å²) in [5, 5.41) is 3.51. The van der Waals surface area contributed by atoms with Crippen molar-refractivity contribution in [3.8, 4) is 0 Å². The highest BCUT2D eigenvalue weighted by Gasteiger charge is 2.01. The van der Waals surface area contributed by atoms with Crippen molar-refractivity contribution in [2.24, 2.45) is 0 Å². The Morgan fingerprint density at radius 1 is 1.36 bits per heavy atom.